The van der Waals surface area contributed by atoms with Gasteiger partial charge in [0.05, 0.1) is 25.2 Å². The van der Waals surface area contributed by atoms with Gasteiger partial charge in [0.1, 0.15) is 6.10 Å². The first-order chi connectivity index (χ1) is 12.6. The largest absolute Gasteiger partial charge is 0.392 e. The normalized spacial score (nSPS) is 43.2. The van der Waals surface area contributed by atoms with Gasteiger partial charge in [0.25, 0.3) is 0 Å². The number of rotatable bonds is 2. The van der Waals surface area contributed by atoms with Gasteiger partial charge in [-0.3, -0.25) is 0 Å². The maximum absolute atomic E-state index is 10.7. The van der Waals surface area contributed by atoms with Crippen LogP contribution in [-0.2, 0) is 9.47 Å². The zero-order valence-electron chi connectivity index (χ0n) is 16.2. The van der Waals surface area contributed by atoms with Crippen LogP contribution in [0.3, 0.4) is 0 Å². The molecule has 4 nitrogen and oxygen atoms in total. The molecule has 1 heterocycles. The maximum atomic E-state index is 10.7. The zero-order chi connectivity index (χ0) is 18.4. The summed E-state index contributed by atoms with van der Waals surface area (Å²) in [6.07, 6.45) is 7.52. The lowest BCUT2D eigenvalue weighted by Crippen LogP contribution is -2.74. The fourth-order valence-corrected chi connectivity index (χ4v) is 6.70. The monoisotopic (exact) mass is 362 g/mol. The second-order valence-corrected chi connectivity index (χ2v) is 8.95. The number of aliphatic hydroxyl groups excluding tert-OH is 2. The number of hydrogen-bond acceptors (Lipinski definition) is 4. The molecule has 4 aliphatic rings. The molecule has 3 aliphatic carbocycles. The van der Waals surface area contributed by atoms with Crippen molar-refractivity contribution >= 4 is 0 Å². The minimum absolute atomic E-state index is 0.0444. The Bertz CT molecular complexity index is 566. The lowest BCUT2D eigenvalue weighted by atomic mass is 9.40. The average Bonchev–Trinajstić information content (AvgIpc) is 3.20. The summed E-state index contributed by atoms with van der Waals surface area (Å²) >= 11 is 0. The van der Waals surface area contributed by atoms with E-state index >= 15 is 0 Å². The van der Waals surface area contributed by atoms with Gasteiger partial charge in [0.15, 0.2) is 5.79 Å². The van der Waals surface area contributed by atoms with Crippen molar-refractivity contribution in [3.05, 3.63) is 0 Å². The third-order valence-electron chi connectivity index (χ3n) is 8.00. The van der Waals surface area contributed by atoms with E-state index in [1.165, 1.54) is 19.3 Å². The van der Waals surface area contributed by atoms with Crippen LogP contribution in [0.5, 0.6) is 0 Å². The van der Waals surface area contributed by atoms with Crippen molar-refractivity contribution < 1.29 is 19.7 Å². The zero-order valence-corrected chi connectivity index (χ0v) is 16.2. The third kappa shape index (κ3) is 2.58. The number of hydrogen-bond donors (Lipinski definition) is 2. The van der Waals surface area contributed by atoms with Gasteiger partial charge in [-0.2, -0.15) is 0 Å². The molecule has 6 atom stereocenters. The fourth-order valence-electron chi connectivity index (χ4n) is 6.70. The van der Waals surface area contributed by atoms with Crippen molar-refractivity contribution in [3.63, 3.8) is 0 Å². The first kappa shape index (κ1) is 18.7. The molecule has 1 spiro atoms. The number of ether oxygens (including phenoxy) is 2. The Morgan fingerprint density at radius 3 is 2.46 bits per heavy atom. The van der Waals surface area contributed by atoms with Crippen molar-refractivity contribution in [2.75, 3.05) is 13.2 Å². The number of aliphatic hydroxyl groups is 2. The molecule has 0 amide bonds. The summed E-state index contributed by atoms with van der Waals surface area (Å²) in [6.45, 7) is 5.73. The molecule has 0 aromatic heterocycles. The van der Waals surface area contributed by atoms with E-state index in [1.807, 2.05) is 0 Å². The highest BCUT2D eigenvalue weighted by Gasteiger charge is 2.75. The van der Waals surface area contributed by atoms with E-state index in [2.05, 4.69) is 25.7 Å². The quantitative estimate of drug-likeness (QED) is 0.741. The van der Waals surface area contributed by atoms with Crippen LogP contribution < -0.4 is 0 Å². The van der Waals surface area contributed by atoms with E-state index in [0.717, 1.165) is 32.1 Å². The highest BCUT2D eigenvalue weighted by Crippen LogP contribution is 2.70. The van der Waals surface area contributed by atoms with E-state index in [0.29, 0.717) is 19.1 Å². The molecule has 0 aromatic carbocycles. The third-order valence-corrected chi connectivity index (χ3v) is 8.00. The molecule has 2 N–H and O–H groups in total. The molecule has 0 bridgehead atoms. The van der Waals surface area contributed by atoms with Gasteiger partial charge < -0.3 is 19.7 Å². The van der Waals surface area contributed by atoms with Crippen LogP contribution in [0.2, 0.25) is 0 Å². The number of fused-ring (bicyclic) bond motifs is 2. The molecule has 4 heteroatoms. The Hall–Kier alpha value is -0.600. The van der Waals surface area contributed by atoms with Crippen LogP contribution in [0, 0.1) is 40.9 Å². The minimum Gasteiger partial charge on any atom is -0.392 e. The van der Waals surface area contributed by atoms with E-state index in [4.69, 9.17) is 9.47 Å². The predicted octanol–water partition coefficient (Wildman–Crippen LogP) is 3.11. The summed E-state index contributed by atoms with van der Waals surface area (Å²) in [5, 5.41) is 21.3. The van der Waals surface area contributed by atoms with Gasteiger partial charge in [0.2, 0.25) is 0 Å². The summed E-state index contributed by atoms with van der Waals surface area (Å²) in [7, 11) is 0. The molecular formula is C22H34O4. The summed E-state index contributed by atoms with van der Waals surface area (Å²) in [6, 6.07) is 0. The SMILES string of the molecule is CC[C@@]12CC[C@H](O)[C@@H](C#C[C@@H](O)C3CCCCC3)[C@@H]1C(C)C21OCCO1. The molecule has 0 aromatic rings. The van der Waals surface area contributed by atoms with Gasteiger partial charge >= 0.3 is 0 Å². The van der Waals surface area contributed by atoms with Gasteiger partial charge in [-0.15, -0.1) is 0 Å². The standard InChI is InChI=1S/C22H34O4/c1-3-21-12-11-19(24)17(9-10-18(23)16-7-5-4-6-8-16)20(21)15(2)22(21)25-13-14-26-22/h15-20,23-24H,3-8,11-14H2,1-2H3/t15?,17-,18-,19+,20+,21-/m1/s1. The minimum atomic E-state index is -0.552. The Morgan fingerprint density at radius 2 is 1.81 bits per heavy atom. The molecular weight excluding hydrogens is 328 g/mol. The van der Waals surface area contributed by atoms with E-state index in [9.17, 15) is 10.2 Å². The van der Waals surface area contributed by atoms with E-state index in [-0.39, 0.29) is 23.2 Å². The second-order valence-electron chi connectivity index (χ2n) is 8.95. The summed E-state index contributed by atoms with van der Waals surface area (Å²) < 4.78 is 12.3. The fraction of sp³-hybridized carbons (Fsp3) is 0.909. The molecule has 146 valence electrons. The molecule has 26 heavy (non-hydrogen) atoms. The van der Waals surface area contributed by atoms with Gasteiger partial charge in [-0.25, -0.2) is 0 Å². The molecule has 1 unspecified atom stereocenters. The Balaban J connectivity index is 1.55. The molecule has 0 radical (unpaired) electrons. The smallest absolute Gasteiger partial charge is 0.177 e. The Morgan fingerprint density at radius 1 is 1.12 bits per heavy atom. The van der Waals surface area contributed by atoms with Gasteiger partial charge in [0, 0.05) is 11.3 Å². The Kier molecular flexibility index (Phi) is 5.11. The second kappa shape index (κ2) is 7.09. The van der Waals surface area contributed by atoms with E-state index < -0.39 is 18.0 Å². The van der Waals surface area contributed by atoms with E-state index in [1.54, 1.807) is 0 Å². The highest BCUT2D eigenvalue weighted by atomic mass is 16.7. The summed E-state index contributed by atoms with van der Waals surface area (Å²) in [5.74, 6) is 6.72. The van der Waals surface area contributed by atoms with Crippen LogP contribution in [-0.4, -0.2) is 41.4 Å². The highest BCUT2D eigenvalue weighted by molar-refractivity contribution is 5.24. The van der Waals surface area contributed by atoms with Gasteiger partial charge in [-0.05, 0) is 43.9 Å². The molecule has 4 rings (SSSR count). The average molecular weight is 363 g/mol. The maximum Gasteiger partial charge on any atom is 0.177 e. The topological polar surface area (TPSA) is 58.9 Å². The lowest BCUT2D eigenvalue weighted by Gasteiger charge is -2.69. The molecule has 3 saturated carbocycles. The lowest BCUT2D eigenvalue weighted by molar-refractivity contribution is -0.387. The van der Waals surface area contributed by atoms with Crippen molar-refractivity contribution in [1.82, 2.24) is 0 Å². The van der Waals surface area contributed by atoms with Crippen LogP contribution in [0.4, 0.5) is 0 Å². The Labute approximate surface area is 157 Å². The van der Waals surface area contributed by atoms with Crippen molar-refractivity contribution in [2.45, 2.75) is 83.2 Å². The van der Waals surface area contributed by atoms with Crippen LogP contribution >= 0.6 is 0 Å². The predicted molar refractivity (Wildman–Crippen MR) is 99.1 cm³/mol. The van der Waals surface area contributed by atoms with Crippen molar-refractivity contribution in [1.29, 1.82) is 0 Å². The first-order valence-electron chi connectivity index (χ1n) is 10.7. The molecule has 1 saturated heterocycles. The summed E-state index contributed by atoms with van der Waals surface area (Å²) in [5.41, 5.74) is -0.0444. The van der Waals surface area contributed by atoms with Crippen molar-refractivity contribution in [2.24, 2.45) is 29.1 Å². The summed E-state index contributed by atoms with van der Waals surface area (Å²) in [4.78, 5) is 0. The first-order valence-corrected chi connectivity index (χ1v) is 10.7. The molecule has 1 aliphatic heterocycles. The van der Waals surface area contributed by atoms with Crippen LogP contribution in [0.1, 0.15) is 65.2 Å². The van der Waals surface area contributed by atoms with Crippen LogP contribution in [0.25, 0.3) is 0 Å². The van der Waals surface area contributed by atoms with Gasteiger partial charge in [-0.1, -0.05) is 45.0 Å². The van der Waals surface area contributed by atoms with Crippen molar-refractivity contribution in [3.8, 4) is 11.8 Å². The van der Waals surface area contributed by atoms with Crippen LogP contribution in [0.15, 0.2) is 0 Å². The molecule has 4 fully saturated rings.